The molecular formula is C11H19N3O4S. The smallest absolute Gasteiger partial charge is 0.246 e. The van der Waals surface area contributed by atoms with Crippen LogP contribution in [0.4, 0.5) is 0 Å². The van der Waals surface area contributed by atoms with Crippen LogP contribution in [0, 0.1) is 0 Å². The highest BCUT2D eigenvalue weighted by Crippen LogP contribution is 2.06. The number of aliphatic hydroxyl groups is 1. The van der Waals surface area contributed by atoms with E-state index in [2.05, 4.69) is 9.71 Å². The number of likely N-dealkylation sites (N-methyl/N-ethyl adjacent to an activating group) is 1. The van der Waals surface area contributed by atoms with E-state index in [0.29, 0.717) is 6.54 Å². The largest absolute Gasteiger partial charge is 0.387 e. The first kappa shape index (κ1) is 15.8. The second kappa shape index (κ2) is 5.83. The molecule has 1 aromatic rings. The molecule has 0 radical (unpaired) electrons. The van der Waals surface area contributed by atoms with Gasteiger partial charge in [-0.05, 0) is 21.0 Å². The fraction of sp³-hybridized carbons (Fsp3) is 0.545. The molecule has 0 saturated carbocycles. The van der Waals surface area contributed by atoms with Gasteiger partial charge in [-0.15, -0.1) is 0 Å². The van der Waals surface area contributed by atoms with Crippen LogP contribution < -0.4 is 10.2 Å². The van der Waals surface area contributed by atoms with Crippen LogP contribution in [-0.4, -0.2) is 56.2 Å². The lowest BCUT2D eigenvalue weighted by molar-refractivity contribution is 0.0386. The number of nitrogens with one attached hydrogen (secondary N) is 2. The zero-order valence-electron chi connectivity index (χ0n) is 11.2. The third-order valence-electron chi connectivity index (χ3n) is 2.38. The summed E-state index contributed by atoms with van der Waals surface area (Å²) >= 11 is 0. The predicted octanol–water partition coefficient (Wildman–Crippen LogP) is -1.03. The summed E-state index contributed by atoms with van der Waals surface area (Å²) in [6.45, 7) is 1.63. The summed E-state index contributed by atoms with van der Waals surface area (Å²) < 4.78 is 26.1. The molecule has 0 aliphatic rings. The van der Waals surface area contributed by atoms with E-state index < -0.39 is 21.1 Å². The molecule has 8 heteroatoms. The van der Waals surface area contributed by atoms with E-state index in [-0.39, 0.29) is 11.4 Å². The molecule has 1 aromatic heterocycles. The normalized spacial score (nSPS) is 15.4. The monoisotopic (exact) mass is 289 g/mol. The lowest BCUT2D eigenvalue weighted by atomic mass is 10.1. The van der Waals surface area contributed by atoms with Crippen molar-refractivity contribution in [2.45, 2.75) is 17.4 Å². The van der Waals surface area contributed by atoms with Gasteiger partial charge in [-0.2, -0.15) is 0 Å². The predicted molar refractivity (Wildman–Crippen MR) is 71.4 cm³/mol. The van der Waals surface area contributed by atoms with Gasteiger partial charge in [-0.1, -0.05) is 0 Å². The van der Waals surface area contributed by atoms with Crippen molar-refractivity contribution in [3.05, 3.63) is 28.7 Å². The molecular weight excluding hydrogens is 270 g/mol. The lowest BCUT2D eigenvalue weighted by Gasteiger charge is -2.26. The van der Waals surface area contributed by atoms with Gasteiger partial charge >= 0.3 is 0 Å². The number of aromatic nitrogens is 1. The fourth-order valence-corrected chi connectivity index (χ4v) is 2.89. The fourth-order valence-electron chi connectivity index (χ4n) is 1.68. The highest BCUT2D eigenvalue weighted by atomic mass is 32.2. The van der Waals surface area contributed by atoms with Crippen LogP contribution in [0.1, 0.15) is 6.92 Å². The van der Waals surface area contributed by atoms with Gasteiger partial charge in [-0.3, -0.25) is 4.79 Å². The van der Waals surface area contributed by atoms with E-state index in [1.807, 2.05) is 0 Å². The van der Waals surface area contributed by atoms with Crippen LogP contribution in [0.25, 0.3) is 0 Å². The minimum Gasteiger partial charge on any atom is -0.387 e. The maximum absolute atomic E-state index is 11.9. The van der Waals surface area contributed by atoms with Crippen molar-refractivity contribution in [2.75, 3.05) is 27.2 Å². The summed E-state index contributed by atoms with van der Waals surface area (Å²) in [5.74, 6) is 0. The van der Waals surface area contributed by atoms with Gasteiger partial charge in [0.05, 0.1) is 5.60 Å². The molecule has 0 aliphatic heterocycles. The van der Waals surface area contributed by atoms with Gasteiger partial charge in [0.15, 0.2) is 0 Å². The summed E-state index contributed by atoms with van der Waals surface area (Å²) in [4.78, 5) is 15.4. The molecule has 0 bridgehead atoms. The van der Waals surface area contributed by atoms with Crippen molar-refractivity contribution >= 4 is 10.0 Å². The molecule has 1 unspecified atom stereocenters. The Hall–Kier alpha value is -1.22. The van der Waals surface area contributed by atoms with Crippen LogP contribution >= 0.6 is 0 Å². The van der Waals surface area contributed by atoms with E-state index in [1.54, 1.807) is 19.0 Å². The standard InChI is InChI=1S/C11H19N3O4S/c1-11(16,8-14(2)3)7-13-19(17,18)10-6-12-5-4-9(10)15/h4-6,13,16H,7-8H2,1-3H3,(H,12,15). The van der Waals surface area contributed by atoms with Gasteiger partial charge in [0.2, 0.25) is 15.5 Å². The minimum atomic E-state index is -3.93. The molecule has 1 atom stereocenters. The molecule has 1 heterocycles. The number of rotatable bonds is 6. The number of H-pyrrole nitrogens is 1. The molecule has 0 aliphatic carbocycles. The van der Waals surface area contributed by atoms with Crippen molar-refractivity contribution in [1.29, 1.82) is 0 Å². The van der Waals surface area contributed by atoms with Crippen molar-refractivity contribution in [2.24, 2.45) is 0 Å². The Morgan fingerprint density at radius 3 is 2.63 bits per heavy atom. The molecule has 1 rings (SSSR count). The topological polar surface area (TPSA) is 102 Å². The van der Waals surface area contributed by atoms with Crippen LogP contribution in [-0.2, 0) is 10.0 Å². The summed E-state index contributed by atoms with van der Waals surface area (Å²) in [5.41, 5.74) is -1.82. The number of nitrogens with zero attached hydrogens (tertiary/aromatic N) is 1. The van der Waals surface area contributed by atoms with Gasteiger partial charge in [0.1, 0.15) is 4.90 Å². The van der Waals surface area contributed by atoms with Gasteiger partial charge in [0, 0.05) is 31.5 Å². The van der Waals surface area contributed by atoms with Gasteiger partial charge in [-0.25, -0.2) is 13.1 Å². The molecule has 0 fully saturated rings. The summed E-state index contributed by atoms with van der Waals surface area (Å²) in [5, 5.41) is 10.0. The molecule has 108 valence electrons. The molecule has 0 amide bonds. The summed E-state index contributed by atoms with van der Waals surface area (Å²) in [6, 6.07) is 1.13. The minimum absolute atomic E-state index is 0.179. The number of hydrogen-bond donors (Lipinski definition) is 3. The Balaban J connectivity index is 2.83. The molecule has 7 nitrogen and oxygen atoms in total. The molecule has 0 saturated heterocycles. The average Bonchev–Trinajstić information content (AvgIpc) is 2.25. The zero-order chi connectivity index (χ0) is 14.7. The van der Waals surface area contributed by atoms with Crippen LogP contribution in [0.2, 0.25) is 0 Å². The molecule has 0 spiro atoms. The Labute approximate surface area is 112 Å². The van der Waals surface area contributed by atoms with E-state index in [9.17, 15) is 18.3 Å². The summed E-state index contributed by atoms with van der Waals surface area (Å²) in [7, 11) is -0.395. The van der Waals surface area contributed by atoms with E-state index in [0.717, 1.165) is 12.3 Å². The highest BCUT2D eigenvalue weighted by molar-refractivity contribution is 7.89. The average molecular weight is 289 g/mol. The van der Waals surface area contributed by atoms with Crippen molar-refractivity contribution in [1.82, 2.24) is 14.6 Å². The molecule has 0 aromatic carbocycles. The Bertz CT molecular complexity index is 578. The van der Waals surface area contributed by atoms with Crippen molar-refractivity contribution < 1.29 is 13.5 Å². The van der Waals surface area contributed by atoms with Crippen LogP contribution in [0.15, 0.2) is 28.2 Å². The Morgan fingerprint density at radius 2 is 2.11 bits per heavy atom. The van der Waals surface area contributed by atoms with E-state index in [1.165, 1.54) is 13.1 Å². The van der Waals surface area contributed by atoms with Crippen LogP contribution in [0.5, 0.6) is 0 Å². The Morgan fingerprint density at radius 1 is 1.47 bits per heavy atom. The first-order valence-electron chi connectivity index (χ1n) is 5.68. The van der Waals surface area contributed by atoms with E-state index >= 15 is 0 Å². The van der Waals surface area contributed by atoms with Gasteiger partial charge < -0.3 is 15.0 Å². The number of hydrogen-bond acceptors (Lipinski definition) is 5. The molecule has 19 heavy (non-hydrogen) atoms. The Kier molecular flexibility index (Phi) is 4.86. The number of pyridine rings is 1. The molecule has 3 N–H and O–H groups in total. The maximum Gasteiger partial charge on any atom is 0.246 e. The highest BCUT2D eigenvalue weighted by Gasteiger charge is 2.25. The lowest BCUT2D eigenvalue weighted by Crippen LogP contribution is -2.47. The number of aromatic amines is 1. The van der Waals surface area contributed by atoms with Crippen molar-refractivity contribution in [3.8, 4) is 0 Å². The number of sulfonamides is 1. The third kappa shape index (κ3) is 4.75. The third-order valence-corrected chi connectivity index (χ3v) is 3.80. The summed E-state index contributed by atoms with van der Waals surface area (Å²) in [6.07, 6.45) is 2.47. The quantitative estimate of drug-likeness (QED) is 0.621. The second-order valence-corrected chi connectivity index (χ2v) is 6.67. The maximum atomic E-state index is 11.9. The van der Waals surface area contributed by atoms with E-state index in [4.69, 9.17) is 0 Å². The van der Waals surface area contributed by atoms with Crippen LogP contribution in [0.3, 0.4) is 0 Å². The SMILES string of the molecule is CN(C)CC(C)(O)CNS(=O)(=O)c1c[nH]ccc1=O. The van der Waals surface area contributed by atoms with Crippen molar-refractivity contribution in [3.63, 3.8) is 0 Å². The second-order valence-electron chi connectivity index (χ2n) is 4.93. The first-order chi connectivity index (χ1) is 8.64. The zero-order valence-corrected chi connectivity index (χ0v) is 12.0. The van der Waals surface area contributed by atoms with Gasteiger partial charge in [0.25, 0.3) is 0 Å². The first-order valence-corrected chi connectivity index (χ1v) is 7.16.